The molecule has 1 unspecified atom stereocenters. The number of carbonyl (C=O) groups is 2. The van der Waals surface area contributed by atoms with Gasteiger partial charge in [-0.05, 0) is 62.2 Å². The van der Waals surface area contributed by atoms with Crippen LogP contribution < -0.4 is 5.32 Å². The first kappa shape index (κ1) is 26.9. The third kappa shape index (κ3) is 10.3. The second-order valence-electron chi connectivity index (χ2n) is 10.3. The molecule has 176 valence electrons. The maximum absolute atomic E-state index is 12.2. The zero-order valence-corrected chi connectivity index (χ0v) is 20.1. The lowest BCUT2D eigenvalue weighted by molar-refractivity contribution is -0.127. The highest BCUT2D eigenvalue weighted by Crippen LogP contribution is 2.29. The maximum Gasteiger partial charge on any atom is 0.324 e. The van der Waals surface area contributed by atoms with Crippen molar-refractivity contribution in [3.63, 3.8) is 0 Å². The minimum Gasteiger partial charge on any atom is -0.396 e. The van der Waals surface area contributed by atoms with E-state index in [9.17, 15) is 9.59 Å². The van der Waals surface area contributed by atoms with Crippen LogP contribution in [0.3, 0.4) is 0 Å². The molecule has 0 bridgehead atoms. The van der Waals surface area contributed by atoms with E-state index in [-0.39, 0.29) is 30.0 Å². The van der Waals surface area contributed by atoms with Gasteiger partial charge < -0.3 is 15.2 Å². The summed E-state index contributed by atoms with van der Waals surface area (Å²) in [6.07, 6.45) is 10.1. The van der Waals surface area contributed by atoms with E-state index in [4.69, 9.17) is 9.84 Å². The maximum atomic E-state index is 12.2. The average molecular weight is 427 g/mol. The fraction of sp³-hybridized carbons (Fsp3) is 0.917. The van der Waals surface area contributed by atoms with Gasteiger partial charge in [-0.1, -0.05) is 47.5 Å². The van der Waals surface area contributed by atoms with Gasteiger partial charge in [-0.25, -0.2) is 4.79 Å². The third-order valence-electron chi connectivity index (χ3n) is 6.32. The van der Waals surface area contributed by atoms with Crippen LogP contribution in [0.4, 0.5) is 4.79 Å². The van der Waals surface area contributed by atoms with Crippen molar-refractivity contribution in [2.24, 2.45) is 10.8 Å². The molecule has 2 N–H and O–H groups in total. The third-order valence-corrected chi connectivity index (χ3v) is 6.32. The van der Waals surface area contributed by atoms with E-state index in [0.29, 0.717) is 18.4 Å². The topological polar surface area (TPSA) is 78.9 Å². The summed E-state index contributed by atoms with van der Waals surface area (Å²) < 4.78 is 5.79. The predicted octanol–water partition coefficient (Wildman–Crippen LogP) is 4.89. The second kappa shape index (κ2) is 13.3. The van der Waals surface area contributed by atoms with Gasteiger partial charge in [0.05, 0.1) is 0 Å². The number of nitrogens with one attached hydrogen (secondary N) is 1. The van der Waals surface area contributed by atoms with E-state index >= 15 is 0 Å². The molecule has 0 radical (unpaired) electrons. The van der Waals surface area contributed by atoms with Crippen LogP contribution >= 0.6 is 0 Å². The molecule has 0 aromatic rings. The quantitative estimate of drug-likeness (QED) is 0.256. The molecule has 6 nitrogen and oxygen atoms in total. The van der Waals surface area contributed by atoms with Gasteiger partial charge >= 0.3 is 6.03 Å². The monoisotopic (exact) mass is 426 g/mol. The number of rotatable bonds is 17. The molecule has 1 fully saturated rings. The lowest BCUT2D eigenvalue weighted by Gasteiger charge is -2.26. The zero-order valence-electron chi connectivity index (χ0n) is 20.1. The minimum absolute atomic E-state index is 0.0801. The van der Waals surface area contributed by atoms with Crippen molar-refractivity contribution in [3.05, 3.63) is 0 Å². The first-order valence-electron chi connectivity index (χ1n) is 11.9. The van der Waals surface area contributed by atoms with Gasteiger partial charge in [-0.3, -0.25) is 9.69 Å². The molecule has 0 aliphatic carbocycles. The van der Waals surface area contributed by atoms with Crippen molar-refractivity contribution >= 4 is 11.9 Å². The van der Waals surface area contributed by atoms with Crippen LogP contribution in [-0.2, 0) is 9.53 Å². The number of aliphatic hydroxyl groups is 1. The Bertz CT molecular complexity index is 519. The summed E-state index contributed by atoms with van der Waals surface area (Å²) in [5.74, 6) is -0.0801. The van der Waals surface area contributed by atoms with Crippen LogP contribution in [-0.4, -0.2) is 54.4 Å². The number of aliphatic hydroxyl groups excluding tert-OH is 1. The lowest BCUT2D eigenvalue weighted by atomic mass is 9.83. The van der Waals surface area contributed by atoms with E-state index in [2.05, 4.69) is 33.0 Å². The smallest absolute Gasteiger partial charge is 0.324 e. The normalized spacial score (nSPS) is 17.7. The van der Waals surface area contributed by atoms with E-state index < -0.39 is 0 Å². The molecule has 1 aliphatic heterocycles. The van der Waals surface area contributed by atoms with Crippen molar-refractivity contribution < 1.29 is 19.4 Å². The SMILES string of the molecule is CCC1NC(=O)N(CCC(C)(C)CCCCOCCCCC(C)(C)CCCO)C1=O. The van der Waals surface area contributed by atoms with Crippen LogP contribution in [0.5, 0.6) is 0 Å². The molecule has 0 aromatic heterocycles. The lowest BCUT2D eigenvalue weighted by Crippen LogP contribution is -2.34. The minimum atomic E-state index is -0.343. The van der Waals surface area contributed by atoms with Crippen LogP contribution in [0, 0.1) is 10.8 Å². The summed E-state index contributed by atoms with van der Waals surface area (Å²) in [6.45, 7) is 13.3. The Morgan fingerprint density at radius 1 is 0.900 bits per heavy atom. The van der Waals surface area contributed by atoms with Crippen LogP contribution in [0.15, 0.2) is 0 Å². The molecule has 0 saturated carbocycles. The Kier molecular flexibility index (Phi) is 11.9. The molecule has 1 heterocycles. The van der Waals surface area contributed by atoms with Crippen molar-refractivity contribution in [3.8, 4) is 0 Å². The number of hydrogen-bond donors (Lipinski definition) is 2. The van der Waals surface area contributed by atoms with Crippen LogP contribution in [0.1, 0.15) is 98.8 Å². The van der Waals surface area contributed by atoms with E-state index in [0.717, 1.165) is 58.2 Å². The summed E-state index contributed by atoms with van der Waals surface area (Å²) in [5.41, 5.74) is 0.414. The van der Waals surface area contributed by atoms with Gasteiger partial charge in [-0.2, -0.15) is 0 Å². The van der Waals surface area contributed by atoms with Crippen molar-refractivity contribution in [1.82, 2.24) is 10.2 Å². The van der Waals surface area contributed by atoms with Crippen molar-refractivity contribution in [2.75, 3.05) is 26.4 Å². The average Bonchev–Trinajstić information content (AvgIpc) is 2.96. The van der Waals surface area contributed by atoms with Crippen LogP contribution in [0.25, 0.3) is 0 Å². The first-order valence-corrected chi connectivity index (χ1v) is 11.9. The predicted molar refractivity (Wildman–Crippen MR) is 121 cm³/mol. The summed E-state index contributed by atoms with van der Waals surface area (Å²) in [4.78, 5) is 25.5. The van der Waals surface area contributed by atoms with Gasteiger partial charge in [0.15, 0.2) is 0 Å². The Balaban J connectivity index is 2.07. The number of unbranched alkanes of at least 4 members (excludes halogenated alkanes) is 2. The molecular weight excluding hydrogens is 380 g/mol. The highest BCUT2D eigenvalue weighted by molar-refractivity contribution is 6.04. The number of hydrogen-bond acceptors (Lipinski definition) is 4. The molecule has 1 saturated heterocycles. The van der Waals surface area contributed by atoms with Gasteiger partial charge in [0, 0.05) is 26.4 Å². The number of carbonyl (C=O) groups excluding carboxylic acids is 2. The van der Waals surface area contributed by atoms with Crippen molar-refractivity contribution in [1.29, 1.82) is 0 Å². The number of imide groups is 1. The Morgan fingerprint density at radius 2 is 1.43 bits per heavy atom. The molecule has 0 spiro atoms. The molecule has 30 heavy (non-hydrogen) atoms. The molecule has 6 heteroatoms. The largest absolute Gasteiger partial charge is 0.396 e. The number of ether oxygens (including phenoxy) is 1. The highest BCUT2D eigenvalue weighted by atomic mass is 16.5. The summed E-state index contributed by atoms with van der Waals surface area (Å²) >= 11 is 0. The Morgan fingerprint density at radius 3 is 1.93 bits per heavy atom. The Labute approximate surface area is 184 Å². The second-order valence-corrected chi connectivity index (χ2v) is 10.3. The molecule has 0 aromatic carbocycles. The molecule has 1 aliphatic rings. The fourth-order valence-electron chi connectivity index (χ4n) is 4.00. The highest BCUT2D eigenvalue weighted by Gasteiger charge is 2.37. The molecule has 1 rings (SSSR count). The number of urea groups is 1. The number of amides is 3. The molecule has 1 atom stereocenters. The molecular formula is C24H46N2O4. The van der Waals surface area contributed by atoms with Gasteiger partial charge in [-0.15, -0.1) is 0 Å². The zero-order chi connectivity index (χ0) is 22.6. The Hall–Kier alpha value is -1.14. The van der Waals surface area contributed by atoms with E-state index in [1.54, 1.807) is 0 Å². The first-order chi connectivity index (χ1) is 14.1. The van der Waals surface area contributed by atoms with Crippen LogP contribution in [0.2, 0.25) is 0 Å². The van der Waals surface area contributed by atoms with E-state index in [1.165, 1.54) is 17.7 Å². The van der Waals surface area contributed by atoms with Gasteiger partial charge in [0.25, 0.3) is 5.91 Å². The fourth-order valence-corrected chi connectivity index (χ4v) is 4.00. The summed E-state index contributed by atoms with van der Waals surface area (Å²) in [7, 11) is 0. The van der Waals surface area contributed by atoms with Gasteiger partial charge in [0.2, 0.25) is 0 Å². The van der Waals surface area contributed by atoms with E-state index in [1.807, 2.05) is 6.92 Å². The van der Waals surface area contributed by atoms with Gasteiger partial charge in [0.1, 0.15) is 6.04 Å². The number of nitrogens with zero attached hydrogens (tertiary/aromatic N) is 1. The standard InChI is InChI=1S/C24H46N2O4/c1-6-20-21(28)26(22(29)25-20)16-15-24(4,5)13-8-10-19-30-18-9-7-12-23(2,3)14-11-17-27/h20,27H,6-19H2,1-5H3,(H,25,29). The summed E-state index contributed by atoms with van der Waals surface area (Å²) in [5, 5.41) is 11.7. The van der Waals surface area contributed by atoms with Crippen molar-refractivity contribution in [2.45, 2.75) is 105 Å². The summed E-state index contributed by atoms with van der Waals surface area (Å²) in [6, 6.07) is -0.586. The molecule has 3 amide bonds.